The van der Waals surface area contributed by atoms with E-state index in [0.717, 1.165) is 19.5 Å². The highest BCUT2D eigenvalue weighted by Crippen LogP contribution is 2.24. The zero-order chi connectivity index (χ0) is 18.2. The molecule has 1 aliphatic heterocycles. The van der Waals surface area contributed by atoms with Crippen molar-refractivity contribution in [1.82, 2.24) is 10.2 Å². The predicted octanol–water partition coefficient (Wildman–Crippen LogP) is 4.27. The Bertz CT molecular complexity index is 675. The second-order valence-corrected chi connectivity index (χ2v) is 7.31. The van der Waals surface area contributed by atoms with E-state index in [0.29, 0.717) is 13.0 Å². The summed E-state index contributed by atoms with van der Waals surface area (Å²) >= 11 is 0. The molecule has 3 nitrogen and oxygen atoms in total. The molecule has 0 spiro atoms. The summed E-state index contributed by atoms with van der Waals surface area (Å²) in [5.41, 5.74) is 3.80. The van der Waals surface area contributed by atoms with Gasteiger partial charge in [0.1, 0.15) is 0 Å². The third kappa shape index (κ3) is 5.43. The highest BCUT2D eigenvalue weighted by molar-refractivity contribution is 5.76. The largest absolute Gasteiger partial charge is 0.354 e. The van der Waals surface area contributed by atoms with Gasteiger partial charge in [-0.1, -0.05) is 66.6 Å². The van der Waals surface area contributed by atoms with E-state index in [1.807, 2.05) is 18.2 Å². The Hall–Kier alpha value is -2.13. The first-order valence-electron chi connectivity index (χ1n) is 9.83. The summed E-state index contributed by atoms with van der Waals surface area (Å²) < 4.78 is 0. The number of carbonyl (C=O) groups is 1. The van der Waals surface area contributed by atoms with E-state index >= 15 is 0 Å². The monoisotopic (exact) mass is 350 g/mol. The van der Waals surface area contributed by atoms with Gasteiger partial charge in [0.15, 0.2) is 0 Å². The van der Waals surface area contributed by atoms with Crippen LogP contribution >= 0.6 is 0 Å². The zero-order valence-corrected chi connectivity index (χ0v) is 15.8. The van der Waals surface area contributed by atoms with Crippen molar-refractivity contribution < 1.29 is 4.79 Å². The molecule has 0 saturated carbocycles. The number of amides is 1. The molecule has 1 fully saturated rings. The number of aryl methyl sites for hydroxylation is 2. The number of nitrogens with zero attached hydrogens (tertiary/aromatic N) is 1. The van der Waals surface area contributed by atoms with Gasteiger partial charge in [-0.3, -0.25) is 9.69 Å². The van der Waals surface area contributed by atoms with Gasteiger partial charge in [0.05, 0.1) is 6.04 Å². The number of benzene rings is 2. The molecule has 0 aliphatic carbocycles. The Morgan fingerprint density at radius 2 is 1.69 bits per heavy atom. The summed E-state index contributed by atoms with van der Waals surface area (Å²) in [6, 6.07) is 19.3. The average molecular weight is 351 g/mol. The van der Waals surface area contributed by atoms with Gasteiger partial charge < -0.3 is 5.32 Å². The first-order valence-corrected chi connectivity index (χ1v) is 9.83. The Kier molecular flexibility index (Phi) is 6.84. The van der Waals surface area contributed by atoms with E-state index < -0.39 is 0 Å². The third-order valence-electron chi connectivity index (χ3n) is 5.27. The van der Waals surface area contributed by atoms with Crippen molar-refractivity contribution in [3.8, 4) is 0 Å². The quantitative estimate of drug-likeness (QED) is 0.809. The van der Waals surface area contributed by atoms with Crippen molar-refractivity contribution >= 4 is 5.91 Å². The first-order chi connectivity index (χ1) is 12.7. The van der Waals surface area contributed by atoms with Gasteiger partial charge in [-0.15, -0.1) is 0 Å². The minimum Gasteiger partial charge on any atom is -0.354 e. The van der Waals surface area contributed by atoms with Crippen molar-refractivity contribution in [2.24, 2.45) is 0 Å². The first kappa shape index (κ1) is 18.7. The molecule has 26 heavy (non-hydrogen) atoms. The van der Waals surface area contributed by atoms with Gasteiger partial charge in [0.25, 0.3) is 0 Å². The SMILES string of the molecule is Cc1ccc(C(CNC(=O)CCc2ccccc2)N2CCCCC2)cc1. The normalized spacial score (nSPS) is 16.2. The molecule has 1 N–H and O–H groups in total. The number of likely N-dealkylation sites (tertiary alicyclic amines) is 1. The minimum atomic E-state index is 0.142. The van der Waals surface area contributed by atoms with Crippen LogP contribution in [-0.4, -0.2) is 30.4 Å². The van der Waals surface area contributed by atoms with Gasteiger partial charge in [-0.25, -0.2) is 0 Å². The minimum absolute atomic E-state index is 0.142. The van der Waals surface area contributed by atoms with Crippen LogP contribution in [0.3, 0.4) is 0 Å². The Morgan fingerprint density at radius 1 is 1.00 bits per heavy atom. The molecule has 0 bridgehead atoms. The summed E-state index contributed by atoms with van der Waals surface area (Å²) in [6.45, 7) is 5.05. The van der Waals surface area contributed by atoms with Crippen molar-refractivity contribution in [3.63, 3.8) is 0 Å². The Labute approximate surface area is 157 Å². The summed E-state index contributed by atoms with van der Waals surface area (Å²) in [4.78, 5) is 14.9. The molecule has 0 aromatic heterocycles. The molecule has 1 heterocycles. The summed E-state index contributed by atoms with van der Waals surface area (Å²) in [5, 5.41) is 3.18. The second kappa shape index (κ2) is 9.54. The maximum absolute atomic E-state index is 12.4. The van der Waals surface area contributed by atoms with Crippen LogP contribution in [0.25, 0.3) is 0 Å². The van der Waals surface area contributed by atoms with E-state index in [4.69, 9.17) is 0 Å². The van der Waals surface area contributed by atoms with Crippen molar-refractivity contribution in [2.45, 2.75) is 45.1 Å². The highest BCUT2D eigenvalue weighted by Gasteiger charge is 2.22. The topological polar surface area (TPSA) is 32.3 Å². The van der Waals surface area contributed by atoms with Crippen molar-refractivity contribution in [1.29, 1.82) is 0 Å². The second-order valence-electron chi connectivity index (χ2n) is 7.31. The molecule has 1 unspecified atom stereocenters. The highest BCUT2D eigenvalue weighted by atomic mass is 16.1. The van der Waals surface area contributed by atoms with Crippen LogP contribution in [0.1, 0.15) is 48.4 Å². The number of hydrogen-bond acceptors (Lipinski definition) is 2. The third-order valence-corrected chi connectivity index (χ3v) is 5.27. The summed E-state index contributed by atoms with van der Waals surface area (Å²) in [7, 11) is 0. The van der Waals surface area contributed by atoms with E-state index in [9.17, 15) is 4.79 Å². The fourth-order valence-electron chi connectivity index (χ4n) is 3.68. The molecule has 1 amide bonds. The molecule has 2 aromatic rings. The number of rotatable bonds is 7. The van der Waals surface area contributed by atoms with Gasteiger partial charge in [0.2, 0.25) is 5.91 Å². The van der Waals surface area contributed by atoms with Gasteiger partial charge >= 0.3 is 0 Å². The fourth-order valence-corrected chi connectivity index (χ4v) is 3.68. The number of hydrogen-bond donors (Lipinski definition) is 1. The van der Waals surface area contributed by atoms with Crippen molar-refractivity contribution in [3.05, 3.63) is 71.3 Å². The molecule has 3 heteroatoms. The van der Waals surface area contributed by atoms with Gasteiger partial charge in [0, 0.05) is 13.0 Å². The Balaban J connectivity index is 1.58. The molecule has 1 saturated heterocycles. The lowest BCUT2D eigenvalue weighted by Gasteiger charge is -2.35. The fraction of sp³-hybridized carbons (Fsp3) is 0.435. The maximum atomic E-state index is 12.4. The van der Waals surface area contributed by atoms with Crippen LogP contribution in [-0.2, 0) is 11.2 Å². The summed E-state index contributed by atoms with van der Waals surface area (Å²) in [5.74, 6) is 0.142. The molecule has 0 radical (unpaired) electrons. The van der Waals surface area contributed by atoms with E-state index in [-0.39, 0.29) is 11.9 Å². The van der Waals surface area contributed by atoms with E-state index in [2.05, 4.69) is 53.5 Å². The number of carbonyl (C=O) groups excluding carboxylic acids is 1. The molecular formula is C23H30N2O. The number of nitrogens with one attached hydrogen (secondary N) is 1. The lowest BCUT2D eigenvalue weighted by Crippen LogP contribution is -2.40. The lowest BCUT2D eigenvalue weighted by atomic mass is 10.0. The maximum Gasteiger partial charge on any atom is 0.220 e. The molecular weight excluding hydrogens is 320 g/mol. The van der Waals surface area contributed by atoms with E-state index in [1.54, 1.807) is 0 Å². The molecule has 138 valence electrons. The van der Waals surface area contributed by atoms with E-state index in [1.165, 1.54) is 36.0 Å². The number of piperidine rings is 1. The molecule has 1 aliphatic rings. The van der Waals surface area contributed by atoms with Crippen molar-refractivity contribution in [2.75, 3.05) is 19.6 Å². The van der Waals surface area contributed by atoms with Crippen LogP contribution in [0.15, 0.2) is 54.6 Å². The zero-order valence-electron chi connectivity index (χ0n) is 15.8. The van der Waals surface area contributed by atoms with Crippen LogP contribution in [0.2, 0.25) is 0 Å². The standard InChI is InChI=1S/C23H30N2O/c1-19-10-13-21(14-11-19)22(25-16-6-3-7-17-25)18-24-23(26)15-12-20-8-4-2-5-9-20/h2,4-5,8-11,13-14,22H,3,6-7,12,15-18H2,1H3,(H,24,26). The lowest BCUT2D eigenvalue weighted by molar-refractivity contribution is -0.121. The average Bonchev–Trinajstić information content (AvgIpc) is 2.69. The van der Waals surface area contributed by atoms with Gasteiger partial charge in [-0.05, 0) is 50.4 Å². The van der Waals surface area contributed by atoms with Crippen LogP contribution in [0, 0.1) is 6.92 Å². The Morgan fingerprint density at radius 3 is 2.38 bits per heavy atom. The predicted molar refractivity (Wildman–Crippen MR) is 107 cm³/mol. The van der Waals surface area contributed by atoms with Crippen LogP contribution < -0.4 is 5.32 Å². The molecule has 3 rings (SSSR count). The van der Waals surface area contributed by atoms with Crippen LogP contribution in [0.4, 0.5) is 0 Å². The van der Waals surface area contributed by atoms with Gasteiger partial charge in [-0.2, -0.15) is 0 Å². The molecule has 1 atom stereocenters. The smallest absolute Gasteiger partial charge is 0.220 e. The molecule has 2 aromatic carbocycles. The summed E-state index contributed by atoms with van der Waals surface area (Å²) in [6.07, 6.45) is 5.17. The van der Waals surface area contributed by atoms with Crippen LogP contribution in [0.5, 0.6) is 0 Å².